The second-order valence-electron chi connectivity index (χ2n) is 3.64. The molecule has 0 unspecified atom stereocenters. The quantitative estimate of drug-likeness (QED) is 0.799. The number of halogens is 2. The van der Waals surface area contributed by atoms with Gasteiger partial charge in [0.2, 0.25) is 0 Å². The molecule has 0 amide bonds. The number of nitriles is 1. The Kier molecular flexibility index (Phi) is 3.11. The second-order valence-corrected chi connectivity index (χ2v) is 3.64. The summed E-state index contributed by atoms with van der Waals surface area (Å²) < 4.78 is 26.4. The van der Waals surface area contributed by atoms with E-state index in [9.17, 15) is 8.78 Å². The maximum Gasteiger partial charge on any atom is 0.182 e. The highest BCUT2D eigenvalue weighted by Gasteiger charge is 2.08. The van der Waals surface area contributed by atoms with E-state index in [1.165, 1.54) is 24.3 Å². The molecular formula is C13H9F2N3. The molecule has 0 atom stereocenters. The van der Waals surface area contributed by atoms with Gasteiger partial charge < -0.3 is 11.1 Å². The van der Waals surface area contributed by atoms with Crippen molar-refractivity contribution in [3.63, 3.8) is 0 Å². The van der Waals surface area contributed by atoms with Gasteiger partial charge in [-0.2, -0.15) is 5.26 Å². The molecule has 2 aromatic carbocycles. The molecule has 0 bridgehead atoms. The Morgan fingerprint density at radius 1 is 1.17 bits per heavy atom. The fourth-order valence-electron chi connectivity index (χ4n) is 1.49. The fraction of sp³-hybridized carbons (Fsp3) is 0. The number of hydrogen-bond acceptors (Lipinski definition) is 3. The molecule has 0 aliphatic rings. The standard InChI is InChI=1S/C13H9F2N3/c14-10-2-1-3-12(13(10)15)18-9-4-5-11(17)8(6-9)7-16/h1-6,18H,17H2. The Labute approximate surface area is 102 Å². The van der Waals surface area contributed by atoms with Gasteiger partial charge in [0.25, 0.3) is 0 Å². The Balaban J connectivity index is 2.35. The third-order valence-electron chi connectivity index (χ3n) is 2.40. The first kappa shape index (κ1) is 11.9. The highest BCUT2D eigenvalue weighted by Crippen LogP contribution is 2.24. The van der Waals surface area contributed by atoms with Gasteiger partial charge in [-0.3, -0.25) is 0 Å². The van der Waals surface area contributed by atoms with Crippen molar-refractivity contribution < 1.29 is 8.78 Å². The molecule has 3 N–H and O–H groups in total. The molecule has 0 spiro atoms. The van der Waals surface area contributed by atoms with Crippen molar-refractivity contribution in [3.8, 4) is 6.07 Å². The maximum atomic E-state index is 13.4. The van der Waals surface area contributed by atoms with Crippen molar-refractivity contribution >= 4 is 17.1 Å². The largest absolute Gasteiger partial charge is 0.398 e. The topological polar surface area (TPSA) is 61.8 Å². The molecule has 0 radical (unpaired) electrons. The van der Waals surface area contributed by atoms with Crippen LogP contribution in [0.2, 0.25) is 0 Å². The van der Waals surface area contributed by atoms with E-state index in [1.807, 2.05) is 6.07 Å². The summed E-state index contributed by atoms with van der Waals surface area (Å²) in [5, 5.41) is 11.5. The van der Waals surface area contributed by atoms with E-state index in [0.29, 0.717) is 11.4 Å². The van der Waals surface area contributed by atoms with Crippen LogP contribution in [0, 0.1) is 23.0 Å². The first-order valence-electron chi connectivity index (χ1n) is 5.12. The van der Waals surface area contributed by atoms with Crippen LogP contribution in [0.15, 0.2) is 36.4 Å². The van der Waals surface area contributed by atoms with Crippen LogP contribution in [0.5, 0.6) is 0 Å². The van der Waals surface area contributed by atoms with E-state index < -0.39 is 11.6 Å². The molecule has 5 heteroatoms. The van der Waals surface area contributed by atoms with Gasteiger partial charge in [-0.1, -0.05) is 6.07 Å². The first-order chi connectivity index (χ1) is 8.61. The summed E-state index contributed by atoms with van der Waals surface area (Å²) in [6.45, 7) is 0. The Morgan fingerprint density at radius 3 is 2.67 bits per heavy atom. The summed E-state index contributed by atoms with van der Waals surface area (Å²) in [6, 6.07) is 10.3. The third kappa shape index (κ3) is 2.23. The first-order valence-corrected chi connectivity index (χ1v) is 5.12. The van der Waals surface area contributed by atoms with Gasteiger partial charge in [0.15, 0.2) is 11.6 Å². The number of hydrogen-bond donors (Lipinski definition) is 2. The molecule has 0 saturated heterocycles. The van der Waals surface area contributed by atoms with Gasteiger partial charge in [0.05, 0.1) is 11.3 Å². The highest BCUT2D eigenvalue weighted by molar-refractivity contribution is 5.67. The molecule has 2 aromatic rings. The van der Waals surface area contributed by atoms with Crippen LogP contribution in [-0.4, -0.2) is 0 Å². The molecule has 0 heterocycles. The minimum atomic E-state index is -0.965. The molecule has 0 saturated carbocycles. The summed E-state index contributed by atoms with van der Waals surface area (Å²) >= 11 is 0. The number of rotatable bonds is 2. The van der Waals surface area contributed by atoms with Crippen molar-refractivity contribution in [2.75, 3.05) is 11.1 Å². The van der Waals surface area contributed by atoms with E-state index in [4.69, 9.17) is 11.0 Å². The van der Waals surface area contributed by atoms with Gasteiger partial charge >= 0.3 is 0 Å². The normalized spacial score (nSPS) is 9.83. The molecule has 0 aromatic heterocycles. The number of nitrogen functional groups attached to an aromatic ring is 1. The zero-order valence-corrected chi connectivity index (χ0v) is 9.24. The van der Waals surface area contributed by atoms with Gasteiger partial charge in [0, 0.05) is 11.4 Å². The van der Waals surface area contributed by atoms with E-state index in [2.05, 4.69) is 5.32 Å². The molecule has 0 aliphatic carbocycles. The lowest BCUT2D eigenvalue weighted by molar-refractivity contribution is 0.512. The smallest absolute Gasteiger partial charge is 0.182 e. The summed E-state index contributed by atoms with van der Waals surface area (Å²) in [5.41, 5.74) is 6.64. The van der Waals surface area contributed by atoms with Crippen LogP contribution in [0.4, 0.5) is 25.8 Å². The van der Waals surface area contributed by atoms with Crippen molar-refractivity contribution in [1.29, 1.82) is 5.26 Å². The van der Waals surface area contributed by atoms with E-state index in [0.717, 1.165) is 6.07 Å². The molecule has 90 valence electrons. The summed E-state index contributed by atoms with van der Waals surface area (Å²) in [4.78, 5) is 0. The summed E-state index contributed by atoms with van der Waals surface area (Å²) in [6.07, 6.45) is 0. The lowest BCUT2D eigenvalue weighted by Gasteiger charge is -2.09. The monoisotopic (exact) mass is 245 g/mol. The third-order valence-corrected chi connectivity index (χ3v) is 2.40. The van der Waals surface area contributed by atoms with Gasteiger partial charge in [0.1, 0.15) is 6.07 Å². The zero-order valence-electron chi connectivity index (χ0n) is 9.24. The van der Waals surface area contributed by atoms with Crippen LogP contribution in [0.1, 0.15) is 5.56 Å². The average molecular weight is 245 g/mol. The second kappa shape index (κ2) is 4.72. The van der Waals surface area contributed by atoms with E-state index >= 15 is 0 Å². The predicted molar refractivity (Wildman–Crippen MR) is 65.2 cm³/mol. The predicted octanol–water partition coefficient (Wildman–Crippen LogP) is 3.16. The Bertz CT molecular complexity index is 633. The van der Waals surface area contributed by atoms with Gasteiger partial charge in [-0.05, 0) is 30.3 Å². The molecule has 3 nitrogen and oxygen atoms in total. The number of nitrogens with one attached hydrogen (secondary N) is 1. The van der Waals surface area contributed by atoms with Crippen molar-refractivity contribution in [3.05, 3.63) is 53.6 Å². The maximum absolute atomic E-state index is 13.4. The number of anilines is 3. The zero-order chi connectivity index (χ0) is 13.1. The van der Waals surface area contributed by atoms with Gasteiger partial charge in [-0.15, -0.1) is 0 Å². The minimum absolute atomic E-state index is 0.00339. The number of nitrogens with two attached hydrogens (primary N) is 1. The van der Waals surface area contributed by atoms with Crippen LogP contribution in [0.25, 0.3) is 0 Å². The fourth-order valence-corrected chi connectivity index (χ4v) is 1.49. The molecule has 18 heavy (non-hydrogen) atoms. The summed E-state index contributed by atoms with van der Waals surface area (Å²) in [7, 11) is 0. The van der Waals surface area contributed by atoms with Crippen molar-refractivity contribution in [1.82, 2.24) is 0 Å². The molecule has 0 aliphatic heterocycles. The summed E-state index contributed by atoms with van der Waals surface area (Å²) in [5.74, 6) is -1.90. The van der Waals surface area contributed by atoms with Gasteiger partial charge in [-0.25, -0.2) is 8.78 Å². The van der Waals surface area contributed by atoms with Crippen LogP contribution in [0.3, 0.4) is 0 Å². The molecule has 0 fully saturated rings. The molecule has 2 rings (SSSR count). The van der Waals surface area contributed by atoms with Crippen LogP contribution < -0.4 is 11.1 Å². The van der Waals surface area contributed by atoms with Crippen molar-refractivity contribution in [2.45, 2.75) is 0 Å². The minimum Gasteiger partial charge on any atom is -0.398 e. The van der Waals surface area contributed by atoms with E-state index in [-0.39, 0.29) is 11.3 Å². The Hall–Kier alpha value is -2.61. The Morgan fingerprint density at radius 2 is 1.94 bits per heavy atom. The highest BCUT2D eigenvalue weighted by atomic mass is 19.2. The lowest BCUT2D eigenvalue weighted by atomic mass is 10.1. The van der Waals surface area contributed by atoms with Crippen LogP contribution in [-0.2, 0) is 0 Å². The number of nitrogens with zero attached hydrogens (tertiary/aromatic N) is 1. The average Bonchev–Trinajstić information content (AvgIpc) is 2.37. The lowest BCUT2D eigenvalue weighted by Crippen LogP contribution is -1.98. The van der Waals surface area contributed by atoms with Crippen LogP contribution >= 0.6 is 0 Å². The molecular weight excluding hydrogens is 236 g/mol. The number of benzene rings is 2. The van der Waals surface area contributed by atoms with E-state index in [1.54, 1.807) is 6.07 Å². The van der Waals surface area contributed by atoms with Crippen molar-refractivity contribution in [2.24, 2.45) is 0 Å². The SMILES string of the molecule is N#Cc1cc(Nc2cccc(F)c2F)ccc1N.